The maximum atomic E-state index is 15.4. The molecule has 2 saturated carbocycles. The average molecular weight is 491 g/mol. The number of carboxylic acid groups (broad SMARTS) is 1. The van der Waals surface area contributed by atoms with Gasteiger partial charge in [-0.15, -0.1) is 0 Å². The molecule has 0 unspecified atom stereocenters. The van der Waals surface area contributed by atoms with E-state index in [0.717, 1.165) is 49.7 Å². The lowest BCUT2D eigenvalue weighted by atomic mass is 9.67. The first-order chi connectivity index (χ1) is 16.8. The first kappa shape index (κ1) is 25.7. The lowest BCUT2D eigenvalue weighted by Gasteiger charge is -2.38. The van der Waals surface area contributed by atoms with Gasteiger partial charge in [0.25, 0.3) is 0 Å². The third kappa shape index (κ3) is 5.57. The van der Waals surface area contributed by atoms with E-state index in [1.165, 1.54) is 51.0 Å². The number of unbranched alkanes of at least 4 members (excludes halogenated alkanes) is 1. The molecule has 2 aromatic rings. The van der Waals surface area contributed by atoms with Crippen LogP contribution in [0.25, 0.3) is 11.1 Å². The van der Waals surface area contributed by atoms with Crippen molar-refractivity contribution in [2.45, 2.75) is 83.5 Å². The minimum Gasteiger partial charge on any atom is -0.478 e. The highest BCUT2D eigenvalue weighted by Gasteiger charge is 2.33. The topological polar surface area (TPSA) is 37.3 Å². The molecule has 6 heteroatoms. The molecule has 2 nitrogen and oxygen atoms in total. The van der Waals surface area contributed by atoms with Crippen LogP contribution in [0, 0.1) is 41.0 Å². The van der Waals surface area contributed by atoms with Crippen LogP contribution < -0.4 is 0 Å². The van der Waals surface area contributed by atoms with Gasteiger partial charge in [0.2, 0.25) is 0 Å². The summed E-state index contributed by atoms with van der Waals surface area (Å²) in [6, 6.07) is 4.27. The zero-order valence-electron chi connectivity index (χ0n) is 20.3. The normalized spacial score (nSPS) is 24.9. The Morgan fingerprint density at radius 1 is 0.857 bits per heavy atom. The number of carbonyl (C=O) groups is 1. The van der Waals surface area contributed by atoms with Gasteiger partial charge in [0, 0.05) is 5.56 Å². The van der Waals surface area contributed by atoms with E-state index in [2.05, 4.69) is 6.92 Å². The summed E-state index contributed by atoms with van der Waals surface area (Å²) in [7, 11) is 0. The van der Waals surface area contributed by atoms with E-state index in [-0.39, 0.29) is 17.0 Å². The summed E-state index contributed by atoms with van der Waals surface area (Å²) in [6.07, 6.45) is 12.7. The summed E-state index contributed by atoms with van der Waals surface area (Å²) in [5.74, 6) is -4.81. The second kappa shape index (κ2) is 11.1. The standard InChI is InChI=1S/C29H34F4O2/c1-2-3-4-17-5-7-18(8-6-17)19-9-11-20(12-10-19)22-13-14-23(29(34)35)27(32)26(22)21-15-24(30)28(33)25(31)16-21/h13-20H,2-12H2,1H3,(H,34,35)/t17-,18-,19?,20?. The van der Waals surface area contributed by atoms with Crippen LogP contribution in [0.2, 0.25) is 0 Å². The van der Waals surface area contributed by atoms with Crippen LogP contribution in [0.5, 0.6) is 0 Å². The third-order valence-corrected chi connectivity index (χ3v) is 8.41. The van der Waals surface area contributed by atoms with Crippen molar-refractivity contribution in [3.63, 3.8) is 0 Å². The zero-order valence-corrected chi connectivity index (χ0v) is 20.3. The molecule has 2 fully saturated rings. The molecular formula is C29H34F4O2. The fraction of sp³-hybridized carbons (Fsp3) is 0.552. The van der Waals surface area contributed by atoms with Gasteiger partial charge in [0.1, 0.15) is 5.82 Å². The Kier molecular flexibility index (Phi) is 8.18. The van der Waals surface area contributed by atoms with Gasteiger partial charge in [0.15, 0.2) is 17.5 Å². The Bertz CT molecular complexity index is 1030. The predicted molar refractivity (Wildman–Crippen MR) is 128 cm³/mol. The van der Waals surface area contributed by atoms with E-state index in [1.807, 2.05) is 0 Å². The molecule has 0 amide bonds. The SMILES string of the molecule is CCCC[C@H]1CC[C@H](C2CCC(c3ccc(C(=O)O)c(F)c3-c3cc(F)c(F)c(F)c3)CC2)CC1. The molecule has 0 aromatic heterocycles. The largest absolute Gasteiger partial charge is 0.478 e. The molecule has 0 spiro atoms. The molecule has 2 aliphatic carbocycles. The first-order valence-corrected chi connectivity index (χ1v) is 13.0. The minimum atomic E-state index is -1.63. The van der Waals surface area contributed by atoms with Crippen LogP contribution in [0.4, 0.5) is 17.6 Å². The fourth-order valence-electron chi connectivity index (χ4n) is 6.43. The smallest absolute Gasteiger partial charge is 0.338 e. The van der Waals surface area contributed by atoms with E-state index in [9.17, 15) is 23.1 Å². The van der Waals surface area contributed by atoms with Crippen LogP contribution in [0.15, 0.2) is 24.3 Å². The summed E-state index contributed by atoms with van der Waals surface area (Å²) in [4.78, 5) is 11.5. The Labute approximate surface area is 204 Å². The quantitative estimate of drug-likeness (QED) is 0.311. The minimum absolute atomic E-state index is 0.0457. The van der Waals surface area contributed by atoms with Crippen molar-refractivity contribution >= 4 is 5.97 Å². The number of benzene rings is 2. The third-order valence-electron chi connectivity index (χ3n) is 8.41. The van der Waals surface area contributed by atoms with Gasteiger partial charge in [-0.2, -0.15) is 0 Å². The van der Waals surface area contributed by atoms with Gasteiger partial charge < -0.3 is 5.11 Å². The van der Waals surface area contributed by atoms with Gasteiger partial charge in [0.05, 0.1) is 5.56 Å². The molecule has 0 heterocycles. The number of rotatable bonds is 7. The summed E-state index contributed by atoms with van der Waals surface area (Å²) >= 11 is 0. The molecule has 190 valence electrons. The van der Waals surface area contributed by atoms with Gasteiger partial charge in [-0.25, -0.2) is 22.4 Å². The molecule has 1 N–H and O–H groups in total. The zero-order chi connectivity index (χ0) is 25.1. The highest BCUT2D eigenvalue weighted by molar-refractivity contribution is 5.90. The van der Waals surface area contributed by atoms with Crippen molar-refractivity contribution in [1.82, 2.24) is 0 Å². The van der Waals surface area contributed by atoms with Crippen LogP contribution >= 0.6 is 0 Å². The molecule has 0 atom stereocenters. The van der Waals surface area contributed by atoms with E-state index < -0.39 is 34.8 Å². The van der Waals surface area contributed by atoms with E-state index in [4.69, 9.17) is 0 Å². The number of carboxylic acids is 1. The van der Waals surface area contributed by atoms with E-state index in [1.54, 1.807) is 6.07 Å². The number of aromatic carboxylic acids is 1. The van der Waals surface area contributed by atoms with Gasteiger partial charge in [-0.1, -0.05) is 45.1 Å². The van der Waals surface area contributed by atoms with Crippen LogP contribution in [0.3, 0.4) is 0 Å². The lowest BCUT2D eigenvalue weighted by molar-refractivity contribution is 0.0692. The fourth-order valence-corrected chi connectivity index (χ4v) is 6.43. The number of hydrogen-bond donors (Lipinski definition) is 1. The number of hydrogen-bond acceptors (Lipinski definition) is 1. The molecule has 2 aromatic carbocycles. The van der Waals surface area contributed by atoms with Crippen LogP contribution in [-0.4, -0.2) is 11.1 Å². The van der Waals surface area contributed by atoms with Crippen LogP contribution in [0.1, 0.15) is 99.4 Å². The van der Waals surface area contributed by atoms with Gasteiger partial charge in [-0.3, -0.25) is 0 Å². The van der Waals surface area contributed by atoms with E-state index in [0.29, 0.717) is 11.5 Å². The lowest BCUT2D eigenvalue weighted by Crippen LogP contribution is -2.25. The Morgan fingerprint density at radius 2 is 1.43 bits per heavy atom. The molecule has 4 rings (SSSR count). The Hall–Kier alpha value is -2.37. The summed E-state index contributed by atoms with van der Waals surface area (Å²) < 4.78 is 56.9. The summed E-state index contributed by atoms with van der Waals surface area (Å²) in [5.41, 5.74) is -0.339. The monoisotopic (exact) mass is 490 g/mol. The first-order valence-electron chi connectivity index (χ1n) is 13.0. The van der Waals surface area contributed by atoms with Crippen LogP contribution in [-0.2, 0) is 0 Å². The molecule has 0 radical (unpaired) electrons. The second-order valence-electron chi connectivity index (χ2n) is 10.5. The van der Waals surface area contributed by atoms with Crippen molar-refractivity contribution in [3.05, 3.63) is 58.7 Å². The van der Waals surface area contributed by atoms with Crippen molar-refractivity contribution < 1.29 is 27.5 Å². The number of halogens is 4. The molecule has 0 bridgehead atoms. The average Bonchev–Trinajstić information content (AvgIpc) is 2.85. The maximum Gasteiger partial charge on any atom is 0.338 e. The predicted octanol–water partition coefficient (Wildman–Crippen LogP) is 8.88. The molecule has 0 saturated heterocycles. The van der Waals surface area contributed by atoms with Crippen molar-refractivity contribution in [2.24, 2.45) is 17.8 Å². The van der Waals surface area contributed by atoms with Gasteiger partial charge in [-0.05, 0) is 91.5 Å². The second-order valence-corrected chi connectivity index (χ2v) is 10.5. The summed E-state index contributed by atoms with van der Waals surface area (Å²) in [6.45, 7) is 2.24. The maximum absolute atomic E-state index is 15.4. The molecule has 2 aliphatic rings. The van der Waals surface area contributed by atoms with Crippen molar-refractivity contribution in [1.29, 1.82) is 0 Å². The van der Waals surface area contributed by atoms with Crippen molar-refractivity contribution in [3.8, 4) is 11.1 Å². The summed E-state index contributed by atoms with van der Waals surface area (Å²) in [5, 5.41) is 9.39. The Morgan fingerprint density at radius 3 is 1.97 bits per heavy atom. The molecule has 35 heavy (non-hydrogen) atoms. The van der Waals surface area contributed by atoms with Crippen molar-refractivity contribution in [2.75, 3.05) is 0 Å². The van der Waals surface area contributed by atoms with E-state index >= 15 is 4.39 Å². The highest BCUT2D eigenvalue weighted by Crippen LogP contribution is 2.47. The molecular weight excluding hydrogens is 456 g/mol. The van der Waals surface area contributed by atoms with Gasteiger partial charge >= 0.3 is 5.97 Å². The highest BCUT2D eigenvalue weighted by atomic mass is 19.2. The Balaban J connectivity index is 1.53. The molecule has 0 aliphatic heterocycles.